The minimum absolute atomic E-state index is 0.00778. The first kappa shape index (κ1) is 9.86. The van der Waals surface area contributed by atoms with Crippen molar-refractivity contribution in [3.63, 3.8) is 0 Å². The van der Waals surface area contributed by atoms with E-state index in [1.54, 1.807) is 0 Å². The van der Waals surface area contributed by atoms with Gasteiger partial charge in [-0.1, -0.05) is 11.6 Å². The van der Waals surface area contributed by atoms with Gasteiger partial charge in [-0.3, -0.25) is 4.79 Å². The van der Waals surface area contributed by atoms with Crippen LogP contribution >= 0.6 is 11.6 Å². The minimum atomic E-state index is -0.729. The zero-order valence-electron chi connectivity index (χ0n) is 6.43. The number of rotatable bonds is 2. The Labute approximate surface area is 78.6 Å². The van der Waals surface area contributed by atoms with Crippen molar-refractivity contribution in [2.75, 3.05) is 0 Å². The molecule has 0 spiro atoms. The van der Waals surface area contributed by atoms with Gasteiger partial charge in [-0.05, 0) is 23.8 Å². The van der Waals surface area contributed by atoms with E-state index in [-0.39, 0.29) is 10.6 Å². The molecule has 0 saturated heterocycles. The van der Waals surface area contributed by atoms with Gasteiger partial charge in [0.05, 0.1) is 5.03 Å². The van der Waals surface area contributed by atoms with Crippen LogP contribution in [0.2, 0.25) is 0 Å². The standard InChI is InChI=1S/C9H5ClF2O/c10-9(1-2-13)6-3-7(11)5-8(12)4-6/h1-5H/b9-1-. The van der Waals surface area contributed by atoms with Gasteiger partial charge in [-0.2, -0.15) is 0 Å². The molecule has 68 valence electrons. The predicted octanol–water partition coefficient (Wildman–Crippen LogP) is 2.74. The smallest absolute Gasteiger partial charge is 0.144 e. The van der Waals surface area contributed by atoms with Gasteiger partial charge in [0, 0.05) is 6.07 Å². The van der Waals surface area contributed by atoms with Gasteiger partial charge < -0.3 is 0 Å². The molecule has 0 aliphatic carbocycles. The predicted molar refractivity (Wildman–Crippen MR) is 46.3 cm³/mol. The monoisotopic (exact) mass is 202 g/mol. The summed E-state index contributed by atoms with van der Waals surface area (Å²) in [5.74, 6) is -1.46. The lowest BCUT2D eigenvalue weighted by atomic mass is 10.2. The molecule has 0 saturated carbocycles. The summed E-state index contributed by atoms with van der Waals surface area (Å²) in [4.78, 5) is 10.0. The molecule has 1 aromatic carbocycles. The molecule has 0 aliphatic heterocycles. The fourth-order valence-electron chi connectivity index (χ4n) is 0.848. The number of benzene rings is 1. The molecule has 0 atom stereocenters. The fraction of sp³-hybridized carbons (Fsp3) is 0. The Morgan fingerprint density at radius 1 is 1.23 bits per heavy atom. The third-order valence-corrected chi connectivity index (χ3v) is 1.70. The molecule has 0 aliphatic rings. The maximum atomic E-state index is 12.6. The lowest BCUT2D eigenvalue weighted by Crippen LogP contribution is -1.84. The van der Waals surface area contributed by atoms with Crippen LogP contribution in [0.5, 0.6) is 0 Å². The zero-order chi connectivity index (χ0) is 9.84. The van der Waals surface area contributed by atoms with E-state index in [0.29, 0.717) is 6.29 Å². The van der Waals surface area contributed by atoms with E-state index in [4.69, 9.17) is 11.6 Å². The van der Waals surface area contributed by atoms with Crippen LogP contribution in [-0.2, 0) is 4.79 Å². The van der Waals surface area contributed by atoms with E-state index >= 15 is 0 Å². The number of aldehydes is 1. The number of halogens is 3. The number of carbonyl (C=O) groups is 1. The highest BCUT2D eigenvalue weighted by Gasteiger charge is 2.02. The van der Waals surface area contributed by atoms with Crippen molar-refractivity contribution in [1.29, 1.82) is 0 Å². The number of hydrogen-bond acceptors (Lipinski definition) is 1. The van der Waals surface area contributed by atoms with E-state index in [0.717, 1.165) is 24.3 Å². The fourth-order valence-corrected chi connectivity index (χ4v) is 1.01. The van der Waals surface area contributed by atoms with Gasteiger partial charge in [0.15, 0.2) is 0 Å². The highest BCUT2D eigenvalue weighted by atomic mass is 35.5. The Hall–Kier alpha value is -1.22. The van der Waals surface area contributed by atoms with Gasteiger partial charge in [-0.25, -0.2) is 8.78 Å². The minimum Gasteiger partial charge on any atom is -0.299 e. The molecule has 1 nitrogen and oxygen atoms in total. The molecular formula is C9H5ClF2O. The molecule has 4 heteroatoms. The Kier molecular flexibility index (Phi) is 3.14. The van der Waals surface area contributed by atoms with Crippen LogP contribution in [0.25, 0.3) is 5.03 Å². The molecule has 0 fully saturated rings. The topological polar surface area (TPSA) is 17.1 Å². The summed E-state index contributed by atoms with van der Waals surface area (Å²) in [5, 5.41) is 0.00778. The molecule has 0 N–H and O–H groups in total. The van der Waals surface area contributed by atoms with Crippen LogP contribution < -0.4 is 0 Å². The SMILES string of the molecule is O=C/C=C(\Cl)c1cc(F)cc(F)c1. The third-order valence-electron chi connectivity index (χ3n) is 1.35. The molecule has 1 aromatic rings. The first-order chi connectivity index (χ1) is 6.13. The first-order valence-electron chi connectivity index (χ1n) is 3.41. The largest absolute Gasteiger partial charge is 0.299 e. The summed E-state index contributed by atoms with van der Waals surface area (Å²) >= 11 is 5.55. The molecule has 0 aromatic heterocycles. The van der Waals surface area contributed by atoms with Crippen molar-refractivity contribution in [2.24, 2.45) is 0 Å². The van der Waals surface area contributed by atoms with E-state index < -0.39 is 11.6 Å². The summed E-state index contributed by atoms with van der Waals surface area (Å²) in [7, 11) is 0. The second-order valence-electron chi connectivity index (χ2n) is 2.31. The summed E-state index contributed by atoms with van der Waals surface area (Å²) in [6.07, 6.45) is 1.47. The maximum Gasteiger partial charge on any atom is 0.144 e. The van der Waals surface area contributed by atoms with Crippen molar-refractivity contribution in [2.45, 2.75) is 0 Å². The number of carbonyl (C=O) groups excluding carboxylic acids is 1. The highest BCUT2D eigenvalue weighted by molar-refractivity contribution is 6.49. The van der Waals surface area contributed by atoms with Gasteiger partial charge in [0.2, 0.25) is 0 Å². The first-order valence-corrected chi connectivity index (χ1v) is 3.78. The highest BCUT2D eigenvalue weighted by Crippen LogP contribution is 2.20. The van der Waals surface area contributed by atoms with Crippen LogP contribution in [0.15, 0.2) is 24.3 Å². The van der Waals surface area contributed by atoms with E-state index in [1.807, 2.05) is 0 Å². The van der Waals surface area contributed by atoms with E-state index in [9.17, 15) is 13.6 Å². The normalized spacial score (nSPS) is 11.5. The Bertz CT molecular complexity index is 340. The average Bonchev–Trinajstić information content (AvgIpc) is 2.03. The summed E-state index contributed by atoms with van der Waals surface area (Å²) < 4.78 is 25.2. The molecular weight excluding hydrogens is 198 g/mol. The zero-order valence-corrected chi connectivity index (χ0v) is 7.18. The van der Waals surface area contributed by atoms with Crippen molar-refractivity contribution >= 4 is 22.9 Å². The Morgan fingerprint density at radius 2 is 1.77 bits per heavy atom. The molecule has 0 heterocycles. The van der Waals surface area contributed by atoms with E-state index in [2.05, 4.69) is 0 Å². The summed E-state index contributed by atoms with van der Waals surface area (Å²) in [5.41, 5.74) is 0.145. The van der Waals surface area contributed by atoms with Crippen molar-refractivity contribution in [1.82, 2.24) is 0 Å². The molecule has 0 unspecified atom stereocenters. The molecule has 0 radical (unpaired) electrons. The van der Waals surface area contributed by atoms with Crippen LogP contribution in [0, 0.1) is 11.6 Å². The lowest BCUT2D eigenvalue weighted by molar-refractivity contribution is -0.104. The second-order valence-corrected chi connectivity index (χ2v) is 2.72. The van der Waals surface area contributed by atoms with Gasteiger partial charge in [-0.15, -0.1) is 0 Å². The second kappa shape index (κ2) is 4.14. The summed E-state index contributed by atoms with van der Waals surface area (Å²) in [6, 6.07) is 2.82. The quantitative estimate of drug-likeness (QED) is 0.532. The molecule has 0 bridgehead atoms. The van der Waals surface area contributed by atoms with Gasteiger partial charge >= 0.3 is 0 Å². The van der Waals surface area contributed by atoms with Crippen LogP contribution in [0.4, 0.5) is 8.78 Å². The Morgan fingerprint density at radius 3 is 2.23 bits per heavy atom. The van der Waals surface area contributed by atoms with Crippen molar-refractivity contribution < 1.29 is 13.6 Å². The van der Waals surface area contributed by atoms with Gasteiger partial charge in [0.25, 0.3) is 0 Å². The van der Waals surface area contributed by atoms with E-state index in [1.165, 1.54) is 0 Å². The Balaban J connectivity index is 3.15. The van der Waals surface area contributed by atoms with Crippen LogP contribution in [0.3, 0.4) is 0 Å². The number of hydrogen-bond donors (Lipinski definition) is 0. The average molecular weight is 203 g/mol. The van der Waals surface area contributed by atoms with Crippen molar-refractivity contribution in [3.05, 3.63) is 41.5 Å². The van der Waals surface area contributed by atoms with Crippen molar-refractivity contribution in [3.8, 4) is 0 Å². The molecule has 1 rings (SSSR count). The molecule has 0 amide bonds. The number of allylic oxidation sites excluding steroid dienone is 1. The van der Waals surface area contributed by atoms with Crippen LogP contribution in [-0.4, -0.2) is 6.29 Å². The lowest BCUT2D eigenvalue weighted by Gasteiger charge is -1.98. The third kappa shape index (κ3) is 2.63. The molecule has 13 heavy (non-hydrogen) atoms. The van der Waals surface area contributed by atoms with Gasteiger partial charge in [0.1, 0.15) is 17.9 Å². The maximum absolute atomic E-state index is 12.6. The van der Waals surface area contributed by atoms with Crippen LogP contribution in [0.1, 0.15) is 5.56 Å². The summed E-state index contributed by atoms with van der Waals surface area (Å²) in [6.45, 7) is 0.